The zero-order valence-corrected chi connectivity index (χ0v) is 21.0. The summed E-state index contributed by atoms with van der Waals surface area (Å²) in [6.45, 7) is -0.373. The smallest absolute Gasteiger partial charge is 0.322 e. The van der Waals surface area contributed by atoms with E-state index in [1.807, 2.05) is 24.3 Å². The Labute approximate surface area is 212 Å². The molecule has 4 N–H and O–H groups in total. The number of carboxylic acids is 1. The fraction of sp³-hybridized carbons (Fsp3) is 0.174. The number of halogens is 1. The summed E-state index contributed by atoms with van der Waals surface area (Å²) in [5.74, 6) is -0.172. The van der Waals surface area contributed by atoms with Crippen molar-refractivity contribution in [1.29, 1.82) is 0 Å². The van der Waals surface area contributed by atoms with E-state index in [4.69, 9.17) is 15.6 Å². The number of carboxylic acid groups (broad SMARTS) is 1. The summed E-state index contributed by atoms with van der Waals surface area (Å²) in [6, 6.07) is 15.1. The lowest BCUT2D eigenvalue weighted by molar-refractivity contribution is -0.134. The van der Waals surface area contributed by atoms with Crippen LogP contribution in [0.1, 0.15) is 10.6 Å². The Hall–Kier alpha value is -3.25. The Morgan fingerprint density at radius 3 is 2.69 bits per heavy atom. The van der Waals surface area contributed by atoms with Crippen molar-refractivity contribution in [1.82, 2.24) is 9.97 Å². The first kappa shape index (κ1) is 26.4. The van der Waals surface area contributed by atoms with Gasteiger partial charge in [-0.15, -0.1) is 23.7 Å². The van der Waals surface area contributed by atoms with E-state index in [-0.39, 0.29) is 41.8 Å². The van der Waals surface area contributed by atoms with Crippen LogP contribution in [0.4, 0.5) is 5.82 Å². The van der Waals surface area contributed by atoms with Crippen molar-refractivity contribution in [2.24, 2.45) is 5.73 Å². The van der Waals surface area contributed by atoms with Crippen LogP contribution in [0.5, 0.6) is 5.75 Å². The lowest BCUT2D eigenvalue weighted by Gasteiger charge is -2.28. The fourth-order valence-electron chi connectivity index (χ4n) is 3.51. The topological polar surface area (TPSA) is 144 Å². The number of benzene rings is 1. The summed E-state index contributed by atoms with van der Waals surface area (Å²) < 4.78 is 33.9. The minimum Gasteiger partial charge on any atom is -0.497 e. The molecule has 3 aromatic heterocycles. The maximum absolute atomic E-state index is 13.8. The Morgan fingerprint density at radius 2 is 2.00 bits per heavy atom. The van der Waals surface area contributed by atoms with Crippen LogP contribution in [0.2, 0.25) is 0 Å². The Balaban J connectivity index is 0.00000342. The summed E-state index contributed by atoms with van der Waals surface area (Å²) in [5.41, 5.74) is 6.81. The summed E-state index contributed by atoms with van der Waals surface area (Å²) in [4.78, 5) is 18.0. The zero-order valence-electron chi connectivity index (χ0n) is 18.5. The molecule has 1 aromatic carbocycles. The quantitative estimate of drug-likeness (QED) is 0.294. The number of aliphatic carboxylic acids is 1. The fourth-order valence-corrected chi connectivity index (χ4v) is 6.41. The molecule has 184 valence electrons. The van der Waals surface area contributed by atoms with E-state index >= 15 is 0 Å². The summed E-state index contributed by atoms with van der Waals surface area (Å²) >= 11 is 1.42. The molecule has 9 nitrogen and oxygen atoms in total. The first-order valence-corrected chi connectivity index (χ1v) is 12.5. The van der Waals surface area contributed by atoms with E-state index in [0.29, 0.717) is 5.75 Å². The highest BCUT2D eigenvalue weighted by Crippen LogP contribution is 2.37. The molecule has 0 amide bonds. The molecule has 3 heterocycles. The third-order valence-corrected chi connectivity index (χ3v) is 8.52. The van der Waals surface area contributed by atoms with Crippen molar-refractivity contribution in [2.45, 2.75) is 16.2 Å². The van der Waals surface area contributed by atoms with Gasteiger partial charge in [0.25, 0.3) is 0 Å². The van der Waals surface area contributed by atoms with Gasteiger partial charge in [0.1, 0.15) is 18.1 Å². The predicted molar refractivity (Wildman–Crippen MR) is 137 cm³/mol. The number of ether oxygens (including phenoxy) is 1. The molecule has 4 aromatic rings. The molecule has 12 heteroatoms. The van der Waals surface area contributed by atoms with Crippen molar-refractivity contribution in [3.05, 3.63) is 77.6 Å². The molecule has 0 bridgehead atoms. The van der Waals surface area contributed by atoms with Gasteiger partial charge in [-0.2, -0.15) is 0 Å². The molecule has 0 spiro atoms. The SMILES string of the molecule is COc1ccc2cc(CC(N)(c3cccc(NCC(=O)O)n3)S(=O)(=O)c3cccnc3)sc2c1.Cl. The summed E-state index contributed by atoms with van der Waals surface area (Å²) in [6.07, 6.45) is 2.67. The molecule has 0 saturated heterocycles. The Morgan fingerprint density at radius 1 is 1.20 bits per heavy atom. The van der Waals surface area contributed by atoms with Gasteiger partial charge in [-0.25, -0.2) is 13.4 Å². The number of aromatic nitrogens is 2. The number of pyridine rings is 2. The van der Waals surface area contributed by atoms with Gasteiger partial charge in [0.15, 0.2) is 4.87 Å². The number of sulfone groups is 1. The molecule has 0 saturated carbocycles. The van der Waals surface area contributed by atoms with Gasteiger partial charge in [0.05, 0.1) is 17.7 Å². The number of hydrogen-bond acceptors (Lipinski definition) is 9. The molecule has 1 unspecified atom stereocenters. The average Bonchev–Trinajstić information content (AvgIpc) is 3.24. The van der Waals surface area contributed by atoms with Crippen LogP contribution < -0.4 is 15.8 Å². The predicted octanol–water partition coefficient (Wildman–Crippen LogP) is 3.45. The second-order valence-electron chi connectivity index (χ2n) is 7.53. The highest BCUT2D eigenvalue weighted by Gasteiger charge is 2.45. The summed E-state index contributed by atoms with van der Waals surface area (Å²) in [7, 11) is -2.58. The first-order valence-electron chi connectivity index (χ1n) is 10.2. The molecule has 0 aliphatic carbocycles. The van der Waals surface area contributed by atoms with Crippen molar-refractivity contribution in [3.63, 3.8) is 0 Å². The van der Waals surface area contributed by atoms with Gasteiger partial charge in [-0.3, -0.25) is 9.78 Å². The number of fused-ring (bicyclic) bond motifs is 1. The van der Waals surface area contributed by atoms with Crippen LogP contribution in [-0.2, 0) is 25.9 Å². The molecular formula is C23H23ClN4O5S2. The Bertz CT molecular complexity index is 1450. The van der Waals surface area contributed by atoms with E-state index in [2.05, 4.69) is 15.3 Å². The van der Waals surface area contributed by atoms with Crippen LogP contribution in [0.15, 0.2) is 71.9 Å². The largest absolute Gasteiger partial charge is 0.497 e. The zero-order chi connectivity index (χ0) is 24.3. The molecule has 0 radical (unpaired) electrons. The molecular weight excluding hydrogens is 512 g/mol. The monoisotopic (exact) mass is 534 g/mol. The minimum absolute atomic E-state index is 0. The van der Waals surface area contributed by atoms with Crippen molar-refractivity contribution >= 4 is 55.5 Å². The Kier molecular flexibility index (Phi) is 7.96. The third kappa shape index (κ3) is 5.38. The molecule has 4 rings (SSSR count). The molecule has 0 aliphatic rings. The van der Waals surface area contributed by atoms with Crippen molar-refractivity contribution in [3.8, 4) is 5.75 Å². The maximum Gasteiger partial charge on any atom is 0.322 e. The lowest BCUT2D eigenvalue weighted by Crippen LogP contribution is -2.47. The minimum atomic E-state index is -4.16. The number of thiophene rings is 1. The number of rotatable bonds is 9. The normalized spacial score (nSPS) is 13.0. The molecule has 0 fully saturated rings. The summed E-state index contributed by atoms with van der Waals surface area (Å²) in [5, 5.41) is 12.6. The highest BCUT2D eigenvalue weighted by molar-refractivity contribution is 7.92. The van der Waals surface area contributed by atoms with Gasteiger partial charge in [-0.1, -0.05) is 6.07 Å². The number of anilines is 1. The number of nitrogens with two attached hydrogens (primary N) is 1. The van der Waals surface area contributed by atoms with Gasteiger partial charge in [0.2, 0.25) is 9.84 Å². The number of methoxy groups -OCH3 is 1. The second kappa shape index (κ2) is 10.6. The van der Waals surface area contributed by atoms with Gasteiger partial charge in [-0.05, 0) is 53.9 Å². The number of nitrogens with one attached hydrogen (secondary N) is 1. The van der Waals surface area contributed by atoms with Crippen LogP contribution in [-0.4, -0.2) is 43.1 Å². The van der Waals surface area contributed by atoms with Crippen molar-refractivity contribution < 1.29 is 23.1 Å². The highest BCUT2D eigenvalue weighted by atomic mass is 35.5. The van der Waals surface area contributed by atoms with Crippen LogP contribution in [0.25, 0.3) is 10.1 Å². The van der Waals surface area contributed by atoms with E-state index in [0.717, 1.165) is 15.0 Å². The van der Waals surface area contributed by atoms with Crippen LogP contribution in [0.3, 0.4) is 0 Å². The number of carbonyl (C=O) groups is 1. The van der Waals surface area contributed by atoms with Gasteiger partial charge >= 0.3 is 5.97 Å². The van der Waals surface area contributed by atoms with Crippen LogP contribution >= 0.6 is 23.7 Å². The maximum atomic E-state index is 13.8. The van der Waals surface area contributed by atoms with Crippen molar-refractivity contribution in [2.75, 3.05) is 19.0 Å². The molecule has 0 aliphatic heterocycles. The first-order chi connectivity index (χ1) is 16.2. The molecule has 35 heavy (non-hydrogen) atoms. The third-order valence-electron chi connectivity index (χ3n) is 5.24. The average molecular weight is 535 g/mol. The van der Waals surface area contributed by atoms with E-state index < -0.39 is 20.7 Å². The van der Waals surface area contributed by atoms with Gasteiger partial charge in [0, 0.05) is 28.4 Å². The van der Waals surface area contributed by atoms with Gasteiger partial charge < -0.3 is 20.9 Å². The van der Waals surface area contributed by atoms with E-state index in [1.54, 1.807) is 19.2 Å². The lowest BCUT2D eigenvalue weighted by atomic mass is 10.1. The molecule has 1 atom stereocenters. The number of hydrogen-bond donors (Lipinski definition) is 3. The van der Waals surface area contributed by atoms with E-state index in [1.165, 1.54) is 41.9 Å². The standard InChI is InChI=1S/C23H22N4O5S2.ClH/c1-32-16-8-7-15-10-17(33-19(15)11-16)12-23(24,34(30,31)18-4-3-9-25-13-18)20-5-2-6-21(27-20)26-14-22(28)29;/h2-11,13H,12,14,24H2,1H3,(H,26,27)(H,28,29);1H. The second-order valence-corrected chi connectivity index (χ2v) is 10.9. The van der Waals surface area contributed by atoms with Crippen LogP contribution in [0, 0.1) is 0 Å². The number of nitrogens with zero attached hydrogens (tertiary/aromatic N) is 2. The van der Waals surface area contributed by atoms with E-state index in [9.17, 15) is 13.2 Å².